The highest BCUT2D eigenvalue weighted by Crippen LogP contribution is 2.37. The average molecular weight is 358 g/mol. The Balaban J connectivity index is 2.30. The molecule has 4 heteroatoms. The Morgan fingerprint density at radius 1 is 1.53 bits per heavy atom. The van der Waals surface area contributed by atoms with E-state index in [1.807, 2.05) is 24.3 Å². The van der Waals surface area contributed by atoms with Crippen LogP contribution in [0.25, 0.3) is 6.08 Å². The van der Waals surface area contributed by atoms with E-state index in [-0.39, 0.29) is 5.78 Å². The number of carbonyl (C=O) groups excluding carboxylic acids is 1. The Bertz CT molecular complexity index is 520. The first kappa shape index (κ1) is 12.7. The number of allylic oxidation sites excluding steroid dienone is 2. The third-order valence-corrected chi connectivity index (χ3v) is 4.20. The second kappa shape index (κ2) is 5.27. The van der Waals surface area contributed by atoms with Crippen molar-refractivity contribution in [1.82, 2.24) is 0 Å². The lowest BCUT2D eigenvalue weighted by Gasteiger charge is -2.04. The maximum atomic E-state index is 11.6. The Kier molecular flexibility index (Phi) is 3.93. The summed E-state index contributed by atoms with van der Waals surface area (Å²) in [7, 11) is 1.65. The molecule has 0 saturated carbocycles. The molecule has 1 heterocycles. The van der Waals surface area contributed by atoms with Crippen LogP contribution in [-0.2, 0) is 4.79 Å². The number of hydrogen-bond acceptors (Lipinski definition) is 3. The standard InChI is InChI=1S/C13H11IO2S/c1-8-5-11(15)13(17-8)7-9-3-4-12(16-2)10(14)6-9/h3-4,6-7H,1,5H2,2H3/b13-7+. The number of thioether (sulfide) groups is 1. The van der Waals surface area contributed by atoms with Gasteiger partial charge < -0.3 is 4.74 Å². The van der Waals surface area contributed by atoms with Crippen molar-refractivity contribution in [3.63, 3.8) is 0 Å². The molecule has 1 fully saturated rings. The summed E-state index contributed by atoms with van der Waals surface area (Å²) in [5.74, 6) is 1.01. The molecule has 0 bridgehead atoms. The molecule has 0 spiro atoms. The quantitative estimate of drug-likeness (QED) is 0.593. The van der Waals surface area contributed by atoms with Crippen molar-refractivity contribution in [3.05, 3.63) is 43.7 Å². The number of methoxy groups -OCH3 is 1. The predicted molar refractivity (Wildman–Crippen MR) is 80.0 cm³/mol. The van der Waals surface area contributed by atoms with Gasteiger partial charge in [-0.1, -0.05) is 24.4 Å². The third kappa shape index (κ3) is 2.93. The zero-order chi connectivity index (χ0) is 12.4. The number of ether oxygens (including phenoxy) is 1. The minimum atomic E-state index is 0.158. The molecule has 0 aliphatic carbocycles. The van der Waals surface area contributed by atoms with Crippen LogP contribution in [0.2, 0.25) is 0 Å². The van der Waals surface area contributed by atoms with Crippen molar-refractivity contribution >= 4 is 46.2 Å². The molecule has 1 saturated heterocycles. The van der Waals surface area contributed by atoms with Crippen LogP contribution in [-0.4, -0.2) is 12.9 Å². The van der Waals surface area contributed by atoms with Crippen molar-refractivity contribution in [1.29, 1.82) is 0 Å². The van der Waals surface area contributed by atoms with E-state index in [2.05, 4.69) is 29.2 Å². The van der Waals surface area contributed by atoms with Gasteiger partial charge in [0.15, 0.2) is 5.78 Å². The topological polar surface area (TPSA) is 26.3 Å². The second-order valence-corrected chi connectivity index (χ2v) is 6.03. The first-order valence-electron chi connectivity index (χ1n) is 5.04. The lowest BCUT2D eigenvalue weighted by Crippen LogP contribution is -1.91. The number of ketones is 1. The molecule has 0 unspecified atom stereocenters. The summed E-state index contributed by atoms with van der Waals surface area (Å²) in [5, 5.41) is 0. The Labute approximate surface area is 118 Å². The lowest BCUT2D eigenvalue weighted by atomic mass is 10.1. The van der Waals surface area contributed by atoms with Gasteiger partial charge in [0.25, 0.3) is 0 Å². The molecule has 2 nitrogen and oxygen atoms in total. The maximum absolute atomic E-state index is 11.6. The molecule has 2 rings (SSSR count). The highest BCUT2D eigenvalue weighted by atomic mass is 127. The van der Waals surface area contributed by atoms with E-state index < -0.39 is 0 Å². The van der Waals surface area contributed by atoms with Crippen molar-refractivity contribution < 1.29 is 9.53 Å². The Hall–Kier alpha value is -0.750. The lowest BCUT2D eigenvalue weighted by molar-refractivity contribution is -0.113. The van der Waals surface area contributed by atoms with E-state index in [1.54, 1.807) is 7.11 Å². The van der Waals surface area contributed by atoms with E-state index in [0.29, 0.717) is 6.42 Å². The van der Waals surface area contributed by atoms with Crippen LogP contribution in [0.3, 0.4) is 0 Å². The van der Waals surface area contributed by atoms with Gasteiger partial charge in [0.2, 0.25) is 0 Å². The van der Waals surface area contributed by atoms with Gasteiger partial charge in [-0.25, -0.2) is 0 Å². The molecule has 1 aliphatic rings. The fourth-order valence-corrected chi connectivity index (χ4v) is 3.20. The van der Waals surface area contributed by atoms with E-state index in [0.717, 1.165) is 24.7 Å². The van der Waals surface area contributed by atoms with Crippen molar-refractivity contribution in [2.24, 2.45) is 0 Å². The van der Waals surface area contributed by atoms with Crippen LogP contribution in [0.4, 0.5) is 0 Å². The number of hydrogen-bond donors (Lipinski definition) is 0. The van der Waals surface area contributed by atoms with Gasteiger partial charge in [0.1, 0.15) is 5.75 Å². The van der Waals surface area contributed by atoms with Crippen molar-refractivity contribution in [2.75, 3.05) is 7.11 Å². The fraction of sp³-hybridized carbons (Fsp3) is 0.154. The number of halogens is 1. The molecular formula is C13H11IO2S. The molecule has 17 heavy (non-hydrogen) atoms. The minimum Gasteiger partial charge on any atom is -0.496 e. The zero-order valence-electron chi connectivity index (χ0n) is 9.33. The van der Waals surface area contributed by atoms with Crippen LogP contribution in [0, 0.1) is 3.57 Å². The van der Waals surface area contributed by atoms with Crippen molar-refractivity contribution in [2.45, 2.75) is 6.42 Å². The fourth-order valence-electron chi connectivity index (χ4n) is 1.55. The number of carbonyl (C=O) groups is 1. The van der Waals surface area contributed by atoms with Crippen molar-refractivity contribution in [3.8, 4) is 5.75 Å². The largest absolute Gasteiger partial charge is 0.496 e. The molecule has 1 aliphatic heterocycles. The predicted octanol–water partition coefficient (Wildman–Crippen LogP) is 3.86. The zero-order valence-corrected chi connectivity index (χ0v) is 12.3. The Morgan fingerprint density at radius 3 is 2.82 bits per heavy atom. The second-order valence-electron chi connectivity index (χ2n) is 3.64. The molecule has 1 aromatic carbocycles. The summed E-state index contributed by atoms with van der Waals surface area (Å²) in [4.78, 5) is 13.3. The number of benzene rings is 1. The van der Waals surface area contributed by atoms with Gasteiger partial charge in [-0.2, -0.15) is 0 Å². The highest BCUT2D eigenvalue weighted by Gasteiger charge is 2.21. The summed E-state index contributed by atoms with van der Waals surface area (Å²) < 4.78 is 6.23. The first-order chi connectivity index (χ1) is 8.10. The van der Waals surface area contributed by atoms with E-state index in [9.17, 15) is 4.79 Å². The minimum absolute atomic E-state index is 0.158. The summed E-state index contributed by atoms with van der Waals surface area (Å²) in [6, 6.07) is 5.86. The van der Waals surface area contributed by atoms with Crippen LogP contribution in [0.15, 0.2) is 34.6 Å². The highest BCUT2D eigenvalue weighted by molar-refractivity contribution is 14.1. The molecule has 88 valence electrons. The summed E-state index contributed by atoms with van der Waals surface area (Å²) in [6.45, 7) is 3.82. The van der Waals surface area contributed by atoms with Gasteiger partial charge in [-0.05, 0) is 51.3 Å². The van der Waals surface area contributed by atoms with E-state index in [1.165, 1.54) is 11.8 Å². The van der Waals surface area contributed by atoms with Gasteiger partial charge in [0.05, 0.1) is 15.6 Å². The smallest absolute Gasteiger partial charge is 0.174 e. The number of rotatable bonds is 2. The van der Waals surface area contributed by atoms with Gasteiger partial charge >= 0.3 is 0 Å². The molecule has 0 aromatic heterocycles. The summed E-state index contributed by atoms with van der Waals surface area (Å²) in [6.07, 6.45) is 2.37. The molecule has 0 N–H and O–H groups in total. The monoisotopic (exact) mass is 358 g/mol. The average Bonchev–Trinajstić information content (AvgIpc) is 2.58. The van der Waals surface area contributed by atoms with Crippen LogP contribution in [0.5, 0.6) is 5.75 Å². The third-order valence-electron chi connectivity index (χ3n) is 2.36. The normalized spacial score (nSPS) is 17.9. The molecule has 0 radical (unpaired) electrons. The van der Waals surface area contributed by atoms with Crippen LogP contribution in [0.1, 0.15) is 12.0 Å². The number of Topliss-reactive ketones (excluding diaryl/α,β-unsaturated/α-hetero) is 1. The Morgan fingerprint density at radius 2 is 2.29 bits per heavy atom. The maximum Gasteiger partial charge on any atom is 0.174 e. The summed E-state index contributed by atoms with van der Waals surface area (Å²) in [5.41, 5.74) is 1.01. The first-order valence-corrected chi connectivity index (χ1v) is 6.94. The van der Waals surface area contributed by atoms with Crippen LogP contribution < -0.4 is 4.74 Å². The summed E-state index contributed by atoms with van der Waals surface area (Å²) >= 11 is 3.69. The van der Waals surface area contributed by atoms with E-state index in [4.69, 9.17) is 4.74 Å². The molecule has 0 atom stereocenters. The molecule has 0 amide bonds. The SMILES string of the molecule is C=C1CC(=O)/C(=C\c2ccc(OC)c(I)c2)S1. The van der Waals surface area contributed by atoms with Gasteiger partial charge in [-0.15, -0.1) is 0 Å². The molecular weight excluding hydrogens is 347 g/mol. The van der Waals surface area contributed by atoms with E-state index >= 15 is 0 Å². The van der Waals surface area contributed by atoms with Crippen LogP contribution >= 0.6 is 34.4 Å². The van der Waals surface area contributed by atoms with Gasteiger partial charge in [0, 0.05) is 6.42 Å². The van der Waals surface area contributed by atoms with Gasteiger partial charge in [-0.3, -0.25) is 4.79 Å². The molecule has 1 aromatic rings.